The predicted octanol–water partition coefficient (Wildman–Crippen LogP) is 3.35. The molecular formula is C14H19NO2. The molecule has 0 fully saturated rings. The van der Waals surface area contributed by atoms with Gasteiger partial charge in [0.1, 0.15) is 0 Å². The maximum Gasteiger partial charge on any atom is 0.276 e. The third-order valence-corrected chi connectivity index (χ3v) is 2.49. The standard InChI is InChI=1S/C14H19NO2/c1-3-4-5-6-7-12-8-10-13(11-9-12)14(16)15(2)17/h6-11,17H,3-5H2,1-2H3/b7-6+. The minimum Gasteiger partial charge on any atom is -0.286 e. The summed E-state index contributed by atoms with van der Waals surface area (Å²) in [5, 5.41) is 9.60. The molecule has 1 amide bonds. The van der Waals surface area contributed by atoms with Crippen molar-refractivity contribution in [2.75, 3.05) is 7.05 Å². The number of allylic oxidation sites excluding steroid dienone is 1. The Morgan fingerprint density at radius 2 is 2.00 bits per heavy atom. The molecule has 1 N–H and O–H groups in total. The van der Waals surface area contributed by atoms with Crippen LogP contribution >= 0.6 is 0 Å². The van der Waals surface area contributed by atoms with Gasteiger partial charge in [-0.25, -0.2) is 5.06 Å². The quantitative estimate of drug-likeness (QED) is 0.481. The minimum absolute atomic E-state index is 0.397. The van der Waals surface area contributed by atoms with Crippen molar-refractivity contribution in [1.82, 2.24) is 5.06 Å². The molecule has 0 heterocycles. The van der Waals surface area contributed by atoms with Crippen LogP contribution in [0.3, 0.4) is 0 Å². The fourth-order valence-corrected chi connectivity index (χ4v) is 1.47. The van der Waals surface area contributed by atoms with Gasteiger partial charge in [-0.1, -0.05) is 44.1 Å². The minimum atomic E-state index is -0.397. The topological polar surface area (TPSA) is 40.5 Å². The average Bonchev–Trinajstić information content (AvgIpc) is 2.34. The molecular weight excluding hydrogens is 214 g/mol. The van der Waals surface area contributed by atoms with Crippen LogP contribution in [0.5, 0.6) is 0 Å². The van der Waals surface area contributed by atoms with Crippen LogP contribution in [0.4, 0.5) is 0 Å². The molecule has 0 unspecified atom stereocenters. The Morgan fingerprint density at radius 3 is 2.53 bits per heavy atom. The second-order valence-electron chi connectivity index (χ2n) is 4.00. The van der Waals surface area contributed by atoms with Crippen molar-refractivity contribution in [3.05, 3.63) is 41.5 Å². The molecule has 0 saturated heterocycles. The van der Waals surface area contributed by atoms with Crippen molar-refractivity contribution in [2.24, 2.45) is 0 Å². The Labute approximate surface area is 102 Å². The highest BCUT2D eigenvalue weighted by Gasteiger charge is 2.07. The van der Waals surface area contributed by atoms with Crippen molar-refractivity contribution in [1.29, 1.82) is 0 Å². The Balaban J connectivity index is 2.62. The molecule has 0 aliphatic rings. The number of unbranched alkanes of at least 4 members (excludes halogenated alkanes) is 2. The lowest BCUT2D eigenvalue weighted by atomic mass is 10.1. The summed E-state index contributed by atoms with van der Waals surface area (Å²) in [7, 11) is 1.32. The van der Waals surface area contributed by atoms with Gasteiger partial charge in [-0.3, -0.25) is 10.0 Å². The molecule has 0 aliphatic carbocycles. The zero-order valence-corrected chi connectivity index (χ0v) is 10.4. The number of carbonyl (C=O) groups is 1. The molecule has 0 atom stereocenters. The Bertz CT molecular complexity index is 380. The smallest absolute Gasteiger partial charge is 0.276 e. The summed E-state index contributed by atoms with van der Waals surface area (Å²) in [5.74, 6) is -0.397. The zero-order valence-electron chi connectivity index (χ0n) is 10.4. The first-order valence-electron chi connectivity index (χ1n) is 5.88. The van der Waals surface area contributed by atoms with Crippen LogP contribution in [0.25, 0.3) is 6.08 Å². The van der Waals surface area contributed by atoms with Gasteiger partial charge in [-0.2, -0.15) is 0 Å². The molecule has 0 radical (unpaired) electrons. The third-order valence-electron chi connectivity index (χ3n) is 2.49. The molecule has 3 nitrogen and oxygen atoms in total. The first-order chi connectivity index (χ1) is 8.15. The molecule has 0 bridgehead atoms. The largest absolute Gasteiger partial charge is 0.286 e. The van der Waals surface area contributed by atoms with Crippen molar-refractivity contribution in [3.63, 3.8) is 0 Å². The molecule has 0 aromatic heterocycles. The Kier molecular flexibility index (Phi) is 5.43. The van der Waals surface area contributed by atoms with Crippen molar-refractivity contribution in [3.8, 4) is 0 Å². The van der Waals surface area contributed by atoms with E-state index in [2.05, 4.69) is 13.0 Å². The first kappa shape index (κ1) is 13.5. The monoisotopic (exact) mass is 233 g/mol. The van der Waals surface area contributed by atoms with Gasteiger partial charge in [0.25, 0.3) is 5.91 Å². The highest BCUT2D eigenvalue weighted by atomic mass is 16.5. The number of nitrogens with zero attached hydrogens (tertiary/aromatic N) is 1. The van der Waals surface area contributed by atoms with Crippen LogP contribution in [-0.4, -0.2) is 23.2 Å². The van der Waals surface area contributed by atoms with Crippen LogP contribution in [-0.2, 0) is 0 Å². The normalized spacial score (nSPS) is 10.8. The molecule has 1 aromatic carbocycles. The lowest BCUT2D eigenvalue weighted by Gasteiger charge is -2.07. The van der Waals surface area contributed by atoms with Crippen molar-refractivity contribution < 1.29 is 10.0 Å². The number of rotatable bonds is 5. The SMILES string of the molecule is CCCC/C=C/c1ccc(C(=O)N(C)O)cc1. The van der Waals surface area contributed by atoms with Crippen LogP contribution < -0.4 is 0 Å². The lowest BCUT2D eigenvalue weighted by molar-refractivity contribution is -0.0374. The van der Waals surface area contributed by atoms with Gasteiger partial charge < -0.3 is 0 Å². The molecule has 17 heavy (non-hydrogen) atoms. The second-order valence-corrected chi connectivity index (χ2v) is 4.00. The fraction of sp³-hybridized carbons (Fsp3) is 0.357. The zero-order chi connectivity index (χ0) is 12.7. The van der Waals surface area contributed by atoms with E-state index in [1.165, 1.54) is 19.9 Å². The van der Waals surface area contributed by atoms with Gasteiger partial charge in [0.2, 0.25) is 0 Å². The molecule has 0 saturated carbocycles. The van der Waals surface area contributed by atoms with Gasteiger partial charge in [0, 0.05) is 12.6 Å². The highest BCUT2D eigenvalue weighted by molar-refractivity contribution is 5.93. The van der Waals surface area contributed by atoms with E-state index in [1.807, 2.05) is 18.2 Å². The predicted molar refractivity (Wildman–Crippen MR) is 68.9 cm³/mol. The number of amides is 1. The summed E-state index contributed by atoms with van der Waals surface area (Å²) >= 11 is 0. The van der Waals surface area contributed by atoms with Gasteiger partial charge in [0.05, 0.1) is 0 Å². The van der Waals surface area contributed by atoms with Gasteiger partial charge in [-0.15, -0.1) is 0 Å². The molecule has 0 aliphatic heterocycles. The van der Waals surface area contributed by atoms with Gasteiger partial charge in [-0.05, 0) is 24.1 Å². The van der Waals surface area contributed by atoms with Gasteiger partial charge >= 0.3 is 0 Å². The Hall–Kier alpha value is -1.61. The van der Waals surface area contributed by atoms with Crippen molar-refractivity contribution >= 4 is 12.0 Å². The average molecular weight is 233 g/mol. The van der Waals surface area contributed by atoms with E-state index < -0.39 is 5.91 Å². The number of hydrogen-bond donors (Lipinski definition) is 1. The summed E-state index contributed by atoms with van der Waals surface area (Å²) in [6, 6.07) is 7.18. The number of carbonyl (C=O) groups excluding carboxylic acids is 1. The van der Waals surface area contributed by atoms with E-state index in [-0.39, 0.29) is 0 Å². The van der Waals surface area contributed by atoms with E-state index in [1.54, 1.807) is 12.1 Å². The first-order valence-corrected chi connectivity index (χ1v) is 5.88. The van der Waals surface area contributed by atoms with Crippen LogP contribution in [0.15, 0.2) is 30.3 Å². The van der Waals surface area contributed by atoms with E-state index in [0.717, 1.165) is 12.0 Å². The summed E-state index contributed by atoms with van der Waals surface area (Å²) in [4.78, 5) is 11.4. The maximum absolute atomic E-state index is 11.4. The van der Waals surface area contributed by atoms with Gasteiger partial charge in [0.15, 0.2) is 0 Å². The summed E-state index contributed by atoms with van der Waals surface area (Å²) in [5.41, 5.74) is 1.55. The van der Waals surface area contributed by atoms with E-state index in [9.17, 15) is 4.79 Å². The molecule has 92 valence electrons. The van der Waals surface area contributed by atoms with E-state index in [4.69, 9.17) is 5.21 Å². The molecule has 1 rings (SSSR count). The molecule has 1 aromatic rings. The number of benzene rings is 1. The van der Waals surface area contributed by atoms with E-state index in [0.29, 0.717) is 10.6 Å². The number of hydrogen-bond acceptors (Lipinski definition) is 2. The molecule has 0 spiro atoms. The summed E-state index contributed by atoms with van der Waals surface area (Å²) in [6.45, 7) is 2.17. The Morgan fingerprint density at radius 1 is 1.35 bits per heavy atom. The van der Waals surface area contributed by atoms with Crippen LogP contribution in [0.2, 0.25) is 0 Å². The van der Waals surface area contributed by atoms with Crippen LogP contribution in [0, 0.1) is 0 Å². The third kappa shape index (κ3) is 4.41. The van der Waals surface area contributed by atoms with Crippen LogP contribution in [0.1, 0.15) is 42.1 Å². The van der Waals surface area contributed by atoms with Crippen molar-refractivity contribution in [2.45, 2.75) is 26.2 Å². The molecule has 3 heteroatoms. The highest BCUT2D eigenvalue weighted by Crippen LogP contribution is 2.08. The second kappa shape index (κ2) is 6.86. The summed E-state index contributed by atoms with van der Waals surface area (Å²) < 4.78 is 0. The van der Waals surface area contributed by atoms with E-state index >= 15 is 0 Å². The number of hydroxylamine groups is 2. The summed E-state index contributed by atoms with van der Waals surface area (Å²) in [6.07, 6.45) is 7.66. The maximum atomic E-state index is 11.4. The fourth-order valence-electron chi connectivity index (χ4n) is 1.47. The lowest BCUT2D eigenvalue weighted by Crippen LogP contribution is -2.22.